The van der Waals surface area contributed by atoms with Crippen LogP contribution in [0.5, 0.6) is 11.5 Å². The Balaban J connectivity index is 1.55. The fourth-order valence-corrected chi connectivity index (χ4v) is 2.85. The summed E-state index contributed by atoms with van der Waals surface area (Å²) in [5, 5.41) is 2.90. The van der Waals surface area contributed by atoms with Crippen LogP contribution in [0, 0.1) is 0 Å². The Hall–Kier alpha value is -3.53. The number of nitrogens with one attached hydrogen (secondary N) is 1. The highest BCUT2D eigenvalue weighted by Gasteiger charge is 2.06. The van der Waals surface area contributed by atoms with Gasteiger partial charge in [-0.3, -0.25) is 4.79 Å². The van der Waals surface area contributed by atoms with E-state index in [0.29, 0.717) is 24.7 Å². The number of benzene rings is 3. The van der Waals surface area contributed by atoms with Crippen LogP contribution in [0.1, 0.15) is 16.7 Å². The zero-order valence-electron chi connectivity index (χ0n) is 16.5. The average molecular weight is 387 g/mol. The van der Waals surface area contributed by atoms with E-state index in [2.05, 4.69) is 17.4 Å². The van der Waals surface area contributed by atoms with Crippen molar-refractivity contribution in [3.63, 3.8) is 0 Å². The first kappa shape index (κ1) is 20.2. The predicted molar refractivity (Wildman–Crippen MR) is 116 cm³/mol. The van der Waals surface area contributed by atoms with Crippen LogP contribution in [-0.4, -0.2) is 19.6 Å². The summed E-state index contributed by atoms with van der Waals surface area (Å²) < 4.78 is 11.3. The molecule has 29 heavy (non-hydrogen) atoms. The molecule has 0 heterocycles. The third kappa shape index (κ3) is 6.54. The van der Waals surface area contributed by atoms with Crippen molar-refractivity contribution in [2.24, 2.45) is 0 Å². The number of ether oxygens (including phenoxy) is 2. The second kappa shape index (κ2) is 10.7. The lowest BCUT2D eigenvalue weighted by Crippen LogP contribution is -2.23. The van der Waals surface area contributed by atoms with Crippen LogP contribution < -0.4 is 14.8 Å². The Bertz CT molecular complexity index is 937. The molecule has 0 aliphatic rings. The fourth-order valence-electron chi connectivity index (χ4n) is 2.85. The molecule has 3 aromatic rings. The highest BCUT2D eigenvalue weighted by Crippen LogP contribution is 2.29. The second-order valence-electron chi connectivity index (χ2n) is 6.54. The van der Waals surface area contributed by atoms with Gasteiger partial charge in [-0.15, -0.1) is 0 Å². The number of hydrogen-bond acceptors (Lipinski definition) is 3. The molecule has 0 fully saturated rings. The molecule has 0 aliphatic heterocycles. The lowest BCUT2D eigenvalue weighted by atomic mass is 10.1. The van der Waals surface area contributed by atoms with E-state index in [1.54, 1.807) is 13.2 Å². The molecule has 0 saturated heterocycles. The summed E-state index contributed by atoms with van der Waals surface area (Å²) in [6, 6.07) is 25.6. The molecule has 3 rings (SSSR count). The quantitative estimate of drug-likeness (QED) is 0.544. The van der Waals surface area contributed by atoms with Crippen molar-refractivity contribution in [2.45, 2.75) is 13.0 Å². The Morgan fingerprint density at radius 3 is 2.28 bits per heavy atom. The monoisotopic (exact) mass is 387 g/mol. The number of methoxy groups -OCH3 is 1. The molecule has 3 aromatic carbocycles. The first-order valence-electron chi connectivity index (χ1n) is 9.59. The van der Waals surface area contributed by atoms with Crippen molar-refractivity contribution < 1.29 is 14.3 Å². The topological polar surface area (TPSA) is 47.6 Å². The van der Waals surface area contributed by atoms with Crippen LogP contribution in [0.4, 0.5) is 0 Å². The predicted octanol–water partition coefficient (Wildman–Crippen LogP) is 4.65. The Kier molecular flexibility index (Phi) is 7.47. The lowest BCUT2D eigenvalue weighted by molar-refractivity contribution is -0.116. The molecule has 0 spiro atoms. The van der Waals surface area contributed by atoms with Crippen LogP contribution in [0.3, 0.4) is 0 Å². The molecule has 0 radical (unpaired) electrons. The fraction of sp³-hybridized carbons (Fsp3) is 0.160. The van der Waals surface area contributed by atoms with Crippen molar-refractivity contribution in [1.29, 1.82) is 0 Å². The summed E-state index contributed by atoms with van der Waals surface area (Å²) in [7, 11) is 1.61. The molecular formula is C25H25NO3. The van der Waals surface area contributed by atoms with E-state index in [1.165, 1.54) is 11.6 Å². The molecule has 0 atom stereocenters. The van der Waals surface area contributed by atoms with Crippen molar-refractivity contribution >= 4 is 12.0 Å². The van der Waals surface area contributed by atoms with E-state index in [1.807, 2.05) is 66.7 Å². The summed E-state index contributed by atoms with van der Waals surface area (Å²) in [6.45, 7) is 1.05. The van der Waals surface area contributed by atoms with Gasteiger partial charge in [0.15, 0.2) is 11.5 Å². The van der Waals surface area contributed by atoms with Crippen LogP contribution in [0.15, 0.2) is 84.9 Å². The van der Waals surface area contributed by atoms with Gasteiger partial charge in [0, 0.05) is 12.6 Å². The van der Waals surface area contributed by atoms with Gasteiger partial charge in [0.25, 0.3) is 0 Å². The maximum Gasteiger partial charge on any atom is 0.244 e. The van der Waals surface area contributed by atoms with E-state index >= 15 is 0 Å². The van der Waals surface area contributed by atoms with Crippen molar-refractivity contribution in [2.75, 3.05) is 13.7 Å². The van der Waals surface area contributed by atoms with Crippen LogP contribution in [0.25, 0.3) is 6.08 Å². The first-order chi connectivity index (χ1) is 14.2. The first-order valence-corrected chi connectivity index (χ1v) is 9.59. The Morgan fingerprint density at radius 2 is 1.59 bits per heavy atom. The van der Waals surface area contributed by atoms with Crippen LogP contribution in [-0.2, 0) is 17.8 Å². The molecule has 0 aromatic heterocycles. The number of amides is 1. The smallest absolute Gasteiger partial charge is 0.244 e. The minimum atomic E-state index is -0.122. The molecule has 0 saturated carbocycles. The largest absolute Gasteiger partial charge is 0.493 e. The summed E-state index contributed by atoms with van der Waals surface area (Å²) in [6.07, 6.45) is 4.11. The van der Waals surface area contributed by atoms with E-state index in [4.69, 9.17) is 9.47 Å². The highest BCUT2D eigenvalue weighted by atomic mass is 16.5. The lowest BCUT2D eigenvalue weighted by Gasteiger charge is -2.11. The molecule has 0 aliphatic carbocycles. The summed E-state index contributed by atoms with van der Waals surface area (Å²) >= 11 is 0. The van der Waals surface area contributed by atoms with Gasteiger partial charge in [0.1, 0.15) is 6.61 Å². The summed E-state index contributed by atoms with van der Waals surface area (Å²) in [4.78, 5) is 12.1. The van der Waals surface area contributed by atoms with Gasteiger partial charge >= 0.3 is 0 Å². The number of rotatable bonds is 9. The minimum absolute atomic E-state index is 0.122. The Labute approximate surface area is 171 Å². The van der Waals surface area contributed by atoms with Gasteiger partial charge in [0.2, 0.25) is 5.91 Å². The third-order valence-corrected chi connectivity index (χ3v) is 4.41. The van der Waals surface area contributed by atoms with Gasteiger partial charge < -0.3 is 14.8 Å². The zero-order chi connectivity index (χ0) is 20.3. The van der Waals surface area contributed by atoms with Gasteiger partial charge in [-0.25, -0.2) is 0 Å². The molecule has 0 bridgehead atoms. The van der Waals surface area contributed by atoms with E-state index in [0.717, 1.165) is 17.5 Å². The molecule has 4 heteroatoms. The van der Waals surface area contributed by atoms with E-state index in [9.17, 15) is 4.79 Å². The summed E-state index contributed by atoms with van der Waals surface area (Å²) in [5.74, 6) is 1.18. The standard InChI is InChI=1S/C25H25NO3/c1-28-23-14-12-21(18-24(23)29-19-22-10-6-3-7-11-22)13-15-25(27)26-17-16-20-8-4-2-5-9-20/h2-15,18H,16-17,19H2,1H3,(H,26,27)/b15-13+. The molecule has 1 N–H and O–H groups in total. The average Bonchev–Trinajstić information content (AvgIpc) is 2.78. The number of hydrogen-bond donors (Lipinski definition) is 1. The van der Waals surface area contributed by atoms with E-state index < -0.39 is 0 Å². The van der Waals surface area contributed by atoms with Crippen molar-refractivity contribution in [3.05, 3.63) is 102 Å². The number of carbonyl (C=O) groups is 1. The second-order valence-corrected chi connectivity index (χ2v) is 6.54. The molecule has 4 nitrogen and oxygen atoms in total. The maximum atomic E-state index is 12.1. The molecule has 148 valence electrons. The van der Waals surface area contributed by atoms with Gasteiger partial charge in [-0.2, -0.15) is 0 Å². The van der Waals surface area contributed by atoms with Crippen LogP contribution in [0.2, 0.25) is 0 Å². The summed E-state index contributed by atoms with van der Waals surface area (Å²) in [5.41, 5.74) is 3.15. The van der Waals surface area contributed by atoms with Gasteiger partial charge in [0.05, 0.1) is 7.11 Å². The van der Waals surface area contributed by atoms with Crippen molar-refractivity contribution in [3.8, 4) is 11.5 Å². The molecular weight excluding hydrogens is 362 g/mol. The SMILES string of the molecule is COc1ccc(/C=C/C(=O)NCCc2ccccc2)cc1OCc1ccccc1. The van der Waals surface area contributed by atoms with Gasteiger partial charge in [-0.1, -0.05) is 66.7 Å². The zero-order valence-corrected chi connectivity index (χ0v) is 16.5. The highest BCUT2D eigenvalue weighted by molar-refractivity contribution is 5.91. The minimum Gasteiger partial charge on any atom is -0.493 e. The third-order valence-electron chi connectivity index (χ3n) is 4.41. The molecule has 0 unspecified atom stereocenters. The number of carbonyl (C=O) groups excluding carboxylic acids is 1. The molecule has 1 amide bonds. The van der Waals surface area contributed by atoms with E-state index in [-0.39, 0.29) is 5.91 Å². The Morgan fingerprint density at radius 1 is 0.897 bits per heavy atom. The van der Waals surface area contributed by atoms with Crippen LogP contribution >= 0.6 is 0 Å². The van der Waals surface area contributed by atoms with Gasteiger partial charge in [-0.05, 0) is 41.3 Å². The van der Waals surface area contributed by atoms with Crippen molar-refractivity contribution in [1.82, 2.24) is 5.32 Å². The maximum absolute atomic E-state index is 12.1. The normalized spacial score (nSPS) is 10.7.